The Labute approximate surface area is 104 Å². The zero-order valence-corrected chi connectivity index (χ0v) is 11.3. The molecule has 2 unspecified atom stereocenters. The average molecular weight is 240 g/mol. The second kappa shape index (κ2) is 4.58. The predicted octanol–water partition coefficient (Wildman–Crippen LogP) is 1.36. The van der Waals surface area contributed by atoms with Crippen LogP contribution in [0.2, 0.25) is 0 Å². The summed E-state index contributed by atoms with van der Waals surface area (Å²) in [5.41, 5.74) is -0.213. The first kappa shape index (κ1) is 12.8. The Morgan fingerprint density at radius 1 is 1.47 bits per heavy atom. The van der Waals surface area contributed by atoms with Crippen LogP contribution >= 0.6 is 0 Å². The molecule has 1 aliphatic carbocycles. The molecule has 4 heteroatoms. The van der Waals surface area contributed by atoms with Crippen molar-refractivity contribution in [3.05, 3.63) is 0 Å². The van der Waals surface area contributed by atoms with Gasteiger partial charge in [-0.1, -0.05) is 13.8 Å². The minimum atomic E-state index is -0.213. The van der Waals surface area contributed by atoms with Crippen LogP contribution in [-0.2, 0) is 9.53 Å². The highest BCUT2D eigenvalue weighted by molar-refractivity contribution is 5.92. The molecule has 2 atom stereocenters. The van der Waals surface area contributed by atoms with Crippen molar-refractivity contribution in [1.82, 2.24) is 10.2 Å². The second-order valence-corrected chi connectivity index (χ2v) is 5.64. The highest BCUT2D eigenvalue weighted by Gasteiger charge is 2.60. The molecule has 0 aromatic rings. The van der Waals surface area contributed by atoms with E-state index in [0.717, 1.165) is 12.8 Å². The van der Waals surface area contributed by atoms with Crippen molar-refractivity contribution < 1.29 is 9.53 Å². The average Bonchev–Trinajstić information content (AvgIpc) is 2.99. The standard InChI is InChI=1S/C13H24N2O2/c1-5-17-8-10(4)15-11(9(2)3)14-13(6-7-13)12(15)16/h9-11,14H,5-8H2,1-4H3. The van der Waals surface area contributed by atoms with Crippen LogP contribution in [0.5, 0.6) is 0 Å². The summed E-state index contributed by atoms with van der Waals surface area (Å²) >= 11 is 0. The van der Waals surface area contributed by atoms with Crippen LogP contribution in [0.3, 0.4) is 0 Å². The molecule has 0 aromatic carbocycles. The number of amides is 1. The van der Waals surface area contributed by atoms with Crippen molar-refractivity contribution in [1.29, 1.82) is 0 Å². The highest BCUT2D eigenvalue weighted by Crippen LogP contribution is 2.43. The molecule has 1 spiro atoms. The summed E-state index contributed by atoms with van der Waals surface area (Å²) in [5.74, 6) is 0.714. The smallest absolute Gasteiger partial charge is 0.244 e. The van der Waals surface area contributed by atoms with Gasteiger partial charge in [0, 0.05) is 6.61 Å². The van der Waals surface area contributed by atoms with Crippen LogP contribution in [0, 0.1) is 5.92 Å². The van der Waals surface area contributed by atoms with Gasteiger partial charge in [-0.05, 0) is 32.6 Å². The number of ether oxygens (including phenoxy) is 1. The van der Waals surface area contributed by atoms with E-state index >= 15 is 0 Å². The Bertz CT molecular complexity index is 300. The van der Waals surface area contributed by atoms with Gasteiger partial charge in [-0.25, -0.2) is 0 Å². The molecule has 1 N–H and O–H groups in total. The molecule has 4 nitrogen and oxygen atoms in total. The van der Waals surface area contributed by atoms with Gasteiger partial charge in [0.25, 0.3) is 0 Å². The fraction of sp³-hybridized carbons (Fsp3) is 0.923. The molecule has 17 heavy (non-hydrogen) atoms. The van der Waals surface area contributed by atoms with Crippen LogP contribution in [0.4, 0.5) is 0 Å². The quantitative estimate of drug-likeness (QED) is 0.789. The van der Waals surface area contributed by atoms with Gasteiger partial charge in [-0.2, -0.15) is 0 Å². The normalized spacial score (nSPS) is 28.2. The van der Waals surface area contributed by atoms with Crippen LogP contribution in [0.1, 0.15) is 40.5 Å². The third-order valence-corrected chi connectivity index (χ3v) is 3.79. The van der Waals surface area contributed by atoms with Crippen LogP contribution in [0.15, 0.2) is 0 Å². The van der Waals surface area contributed by atoms with Gasteiger partial charge in [-0.3, -0.25) is 10.1 Å². The van der Waals surface area contributed by atoms with E-state index in [1.165, 1.54) is 0 Å². The molecule has 0 bridgehead atoms. The number of carbonyl (C=O) groups is 1. The third kappa shape index (κ3) is 2.20. The molecular weight excluding hydrogens is 216 g/mol. The number of hydrogen-bond donors (Lipinski definition) is 1. The molecule has 2 aliphatic rings. The molecule has 2 rings (SSSR count). The highest BCUT2D eigenvalue weighted by atomic mass is 16.5. The van der Waals surface area contributed by atoms with Crippen molar-refractivity contribution in [2.75, 3.05) is 13.2 Å². The molecule has 1 saturated heterocycles. The van der Waals surface area contributed by atoms with Crippen molar-refractivity contribution in [3.63, 3.8) is 0 Å². The van der Waals surface area contributed by atoms with Gasteiger partial charge < -0.3 is 9.64 Å². The lowest BCUT2D eigenvalue weighted by Gasteiger charge is -2.32. The van der Waals surface area contributed by atoms with E-state index in [2.05, 4.69) is 26.1 Å². The van der Waals surface area contributed by atoms with Crippen molar-refractivity contribution in [2.24, 2.45) is 5.92 Å². The fourth-order valence-corrected chi connectivity index (χ4v) is 2.60. The predicted molar refractivity (Wildman–Crippen MR) is 66.5 cm³/mol. The summed E-state index contributed by atoms with van der Waals surface area (Å²) in [4.78, 5) is 14.4. The lowest BCUT2D eigenvalue weighted by atomic mass is 10.1. The number of hydrogen-bond acceptors (Lipinski definition) is 3. The van der Waals surface area contributed by atoms with Crippen LogP contribution in [-0.4, -0.2) is 41.8 Å². The van der Waals surface area contributed by atoms with Gasteiger partial charge in [0.1, 0.15) is 0 Å². The van der Waals surface area contributed by atoms with Crippen LogP contribution in [0.25, 0.3) is 0 Å². The minimum absolute atomic E-state index is 0.155. The molecule has 0 radical (unpaired) electrons. The molecule has 1 aliphatic heterocycles. The molecule has 1 saturated carbocycles. The van der Waals surface area contributed by atoms with E-state index in [0.29, 0.717) is 19.1 Å². The first-order chi connectivity index (χ1) is 8.02. The van der Waals surface area contributed by atoms with Gasteiger partial charge in [0.2, 0.25) is 5.91 Å². The summed E-state index contributed by atoms with van der Waals surface area (Å²) < 4.78 is 5.45. The summed E-state index contributed by atoms with van der Waals surface area (Å²) in [5, 5.41) is 3.52. The lowest BCUT2D eigenvalue weighted by Crippen LogP contribution is -2.47. The summed E-state index contributed by atoms with van der Waals surface area (Å²) in [6, 6.07) is 0.155. The van der Waals surface area contributed by atoms with E-state index < -0.39 is 0 Å². The Kier molecular flexibility index (Phi) is 3.46. The van der Waals surface area contributed by atoms with E-state index in [4.69, 9.17) is 4.74 Å². The zero-order chi connectivity index (χ0) is 12.6. The maximum atomic E-state index is 12.4. The third-order valence-electron chi connectivity index (χ3n) is 3.79. The lowest BCUT2D eigenvalue weighted by molar-refractivity contribution is -0.134. The Morgan fingerprint density at radius 2 is 2.12 bits per heavy atom. The molecule has 1 amide bonds. The molecular formula is C13H24N2O2. The van der Waals surface area contributed by atoms with Gasteiger partial charge in [-0.15, -0.1) is 0 Å². The monoisotopic (exact) mass is 240 g/mol. The topological polar surface area (TPSA) is 41.6 Å². The van der Waals surface area contributed by atoms with E-state index in [-0.39, 0.29) is 23.7 Å². The Balaban J connectivity index is 2.08. The molecule has 1 heterocycles. The van der Waals surface area contributed by atoms with Gasteiger partial charge >= 0.3 is 0 Å². The second-order valence-electron chi connectivity index (χ2n) is 5.64. The summed E-state index contributed by atoms with van der Waals surface area (Å²) in [6.07, 6.45) is 2.15. The molecule has 2 fully saturated rings. The number of rotatable bonds is 5. The number of carbonyl (C=O) groups excluding carboxylic acids is 1. The van der Waals surface area contributed by atoms with E-state index in [1.807, 2.05) is 11.8 Å². The van der Waals surface area contributed by atoms with Gasteiger partial charge in [0.05, 0.1) is 24.4 Å². The maximum Gasteiger partial charge on any atom is 0.244 e. The number of nitrogens with one attached hydrogen (secondary N) is 1. The minimum Gasteiger partial charge on any atom is -0.380 e. The molecule has 98 valence electrons. The van der Waals surface area contributed by atoms with Crippen LogP contribution < -0.4 is 5.32 Å². The van der Waals surface area contributed by atoms with E-state index in [1.54, 1.807) is 0 Å². The molecule has 0 aromatic heterocycles. The SMILES string of the molecule is CCOCC(C)N1C(=O)C2(CC2)NC1C(C)C. The summed E-state index contributed by atoms with van der Waals surface area (Å²) in [6.45, 7) is 9.71. The summed E-state index contributed by atoms with van der Waals surface area (Å²) in [7, 11) is 0. The Morgan fingerprint density at radius 3 is 2.59 bits per heavy atom. The van der Waals surface area contributed by atoms with E-state index in [9.17, 15) is 4.79 Å². The maximum absolute atomic E-state index is 12.4. The zero-order valence-electron chi connectivity index (χ0n) is 11.3. The fourth-order valence-electron chi connectivity index (χ4n) is 2.60. The van der Waals surface area contributed by atoms with Crippen molar-refractivity contribution in [2.45, 2.75) is 58.3 Å². The first-order valence-electron chi connectivity index (χ1n) is 6.70. The number of nitrogens with zero attached hydrogens (tertiary/aromatic N) is 1. The largest absolute Gasteiger partial charge is 0.380 e. The first-order valence-corrected chi connectivity index (χ1v) is 6.70. The Hall–Kier alpha value is -0.610. The van der Waals surface area contributed by atoms with Crippen molar-refractivity contribution in [3.8, 4) is 0 Å². The van der Waals surface area contributed by atoms with Crippen molar-refractivity contribution >= 4 is 5.91 Å². The van der Waals surface area contributed by atoms with Gasteiger partial charge in [0.15, 0.2) is 0 Å².